The Kier molecular flexibility index (Phi) is 6.75. The van der Waals surface area contributed by atoms with Gasteiger partial charge in [-0.3, -0.25) is 4.98 Å². The van der Waals surface area contributed by atoms with Crippen LogP contribution < -0.4 is 0 Å². The summed E-state index contributed by atoms with van der Waals surface area (Å²) in [6, 6.07) is 69.0. The molecule has 1 aliphatic rings. The monoisotopic (exact) mass is 728 g/mol. The van der Waals surface area contributed by atoms with E-state index in [1.54, 1.807) is 0 Å². The minimum absolute atomic E-state index is 0.564. The van der Waals surface area contributed by atoms with Crippen LogP contribution in [0.3, 0.4) is 0 Å². The van der Waals surface area contributed by atoms with Crippen LogP contribution in [0.25, 0.3) is 86.3 Å². The quantitative estimate of drug-likeness (QED) is 0.169. The molecule has 2 aromatic heterocycles. The topological polar surface area (TPSA) is 25.8 Å². The van der Waals surface area contributed by atoms with Crippen LogP contribution in [0.1, 0.15) is 22.3 Å². The summed E-state index contributed by atoms with van der Waals surface area (Å²) in [5.41, 5.74) is 13.2. The van der Waals surface area contributed by atoms with Crippen LogP contribution >= 0.6 is 11.3 Å². The molecule has 11 aromatic rings. The highest BCUT2D eigenvalue weighted by Gasteiger charge is 2.46. The molecule has 0 amide bonds. The number of hydrogen-bond donors (Lipinski definition) is 0. The molecule has 0 N–H and O–H groups in total. The Morgan fingerprint density at radius 3 is 1.55 bits per heavy atom. The Balaban J connectivity index is 1.10. The van der Waals surface area contributed by atoms with Crippen molar-refractivity contribution in [1.82, 2.24) is 9.97 Å². The van der Waals surface area contributed by atoms with Gasteiger partial charge >= 0.3 is 0 Å². The Morgan fingerprint density at radius 1 is 0.375 bits per heavy atom. The molecule has 3 heteroatoms. The van der Waals surface area contributed by atoms with Gasteiger partial charge < -0.3 is 0 Å². The molecule has 0 saturated heterocycles. The van der Waals surface area contributed by atoms with Crippen LogP contribution in [-0.2, 0) is 5.41 Å². The van der Waals surface area contributed by atoms with E-state index in [0.717, 1.165) is 33.1 Å². The molecule has 0 spiro atoms. The number of benzene rings is 9. The minimum atomic E-state index is -0.564. The molecule has 56 heavy (non-hydrogen) atoms. The summed E-state index contributed by atoms with van der Waals surface area (Å²) in [6.07, 6.45) is 1.96. The first-order valence-corrected chi connectivity index (χ1v) is 20.0. The predicted molar refractivity (Wildman–Crippen MR) is 236 cm³/mol. The first-order valence-electron chi connectivity index (χ1n) is 19.1. The van der Waals surface area contributed by atoms with Gasteiger partial charge in [-0.05, 0) is 85.6 Å². The summed E-state index contributed by atoms with van der Waals surface area (Å²) < 4.78 is 2.64. The van der Waals surface area contributed by atoms with E-state index in [2.05, 4.69) is 188 Å². The van der Waals surface area contributed by atoms with Crippen molar-refractivity contribution in [2.75, 3.05) is 0 Å². The lowest BCUT2D eigenvalue weighted by Crippen LogP contribution is -2.28. The van der Waals surface area contributed by atoms with Crippen LogP contribution in [0.15, 0.2) is 194 Å². The maximum Gasteiger partial charge on any atom is 0.0979 e. The second-order valence-electron chi connectivity index (χ2n) is 14.9. The van der Waals surface area contributed by atoms with Crippen molar-refractivity contribution in [2.45, 2.75) is 5.41 Å². The van der Waals surface area contributed by atoms with E-state index in [9.17, 15) is 0 Å². The highest BCUT2D eigenvalue weighted by molar-refractivity contribution is 7.25. The second kappa shape index (κ2) is 12.0. The van der Waals surface area contributed by atoms with Gasteiger partial charge in [0.1, 0.15) is 0 Å². The van der Waals surface area contributed by atoms with Crippen molar-refractivity contribution in [3.05, 3.63) is 217 Å². The molecule has 0 radical (unpaired) electrons. The molecule has 0 fully saturated rings. The number of thiophene rings is 1. The first-order chi connectivity index (χ1) is 27.8. The van der Waals surface area contributed by atoms with E-state index < -0.39 is 5.41 Å². The Hall–Kier alpha value is -6.94. The summed E-state index contributed by atoms with van der Waals surface area (Å²) >= 11 is 1.86. The zero-order valence-corrected chi connectivity index (χ0v) is 31.1. The SMILES string of the molecule is c1ccc(C2(c3ccccc3)c3cc(-c4ccc5sc6ccccc6c5c4)ccc3-c3ccc(-c4cnc5c6ccccc6c6ccccc6c5n4)cc32)cc1. The van der Waals surface area contributed by atoms with Crippen molar-refractivity contribution in [3.63, 3.8) is 0 Å². The molecule has 0 unspecified atom stereocenters. The van der Waals surface area contributed by atoms with Gasteiger partial charge in [-0.1, -0.05) is 158 Å². The second-order valence-corrected chi connectivity index (χ2v) is 15.9. The summed E-state index contributed by atoms with van der Waals surface area (Å²) in [5.74, 6) is 0. The lowest BCUT2D eigenvalue weighted by Gasteiger charge is -2.34. The number of hydrogen-bond acceptors (Lipinski definition) is 3. The third kappa shape index (κ3) is 4.43. The van der Waals surface area contributed by atoms with Crippen LogP contribution in [-0.4, -0.2) is 9.97 Å². The van der Waals surface area contributed by atoms with Gasteiger partial charge in [0.15, 0.2) is 0 Å². The van der Waals surface area contributed by atoms with Gasteiger partial charge in [-0.2, -0.15) is 0 Å². The lowest BCUT2D eigenvalue weighted by atomic mass is 9.67. The van der Waals surface area contributed by atoms with Crippen LogP contribution in [0, 0.1) is 0 Å². The fourth-order valence-corrected chi connectivity index (χ4v) is 10.6. The number of rotatable bonds is 4. The van der Waals surface area contributed by atoms with Gasteiger partial charge in [-0.25, -0.2) is 4.98 Å². The predicted octanol–water partition coefficient (Wildman–Crippen LogP) is 14.0. The van der Waals surface area contributed by atoms with Gasteiger partial charge in [-0.15, -0.1) is 11.3 Å². The summed E-state index contributed by atoms with van der Waals surface area (Å²) in [5, 5.41) is 7.27. The largest absolute Gasteiger partial charge is 0.252 e. The van der Waals surface area contributed by atoms with Crippen molar-refractivity contribution < 1.29 is 0 Å². The third-order valence-electron chi connectivity index (χ3n) is 12.0. The van der Waals surface area contributed by atoms with Gasteiger partial charge in [0.05, 0.1) is 28.3 Å². The molecule has 9 aromatic carbocycles. The summed E-state index contributed by atoms with van der Waals surface area (Å²) in [7, 11) is 0. The standard InChI is InChI=1S/C53H32N2S/c1-3-13-36(14-4-1)53(37-15-5-2-6-16-37)46-30-34(33-25-28-50-45(29-33)42-19-11-12-22-49(42)56-50)23-26-40(46)41-27-24-35(31-47(41)53)48-32-54-51-43-20-9-7-17-38(43)39-18-8-10-21-44(39)52(51)55-48/h1-32H. The Morgan fingerprint density at radius 2 is 0.875 bits per heavy atom. The van der Waals surface area contributed by atoms with Crippen LogP contribution in [0.4, 0.5) is 0 Å². The van der Waals surface area contributed by atoms with Crippen LogP contribution in [0.2, 0.25) is 0 Å². The van der Waals surface area contributed by atoms with Crippen molar-refractivity contribution in [1.29, 1.82) is 0 Å². The molecule has 2 nitrogen and oxygen atoms in total. The first kappa shape index (κ1) is 31.4. The van der Waals surface area contributed by atoms with Gasteiger partial charge in [0.25, 0.3) is 0 Å². The van der Waals surface area contributed by atoms with Crippen LogP contribution in [0.5, 0.6) is 0 Å². The maximum absolute atomic E-state index is 5.43. The number of nitrogens with zero attached hydrogens (tertiary/aromatic N) is 2. The highest BCUT2D eigenvalue weighted by Crippen LogP contribution is 2.57. The minimum Gasteiger partial charge on any atom is -0.252 e. The highest BCUT2D eigenvalue weighted by atomic mass is 32.1. The van der Waals surface area contributed by atoms with E-state index in [1.807, 2.05) is 17.5 Å². The van der Waals surface area contributed by atoms with E-state index in [0.29, 0.717) is 0 Å². The van der Waals surface area contributed by atoms with Crippen molar-refractivity contribution >= 4 is 64.1 Å². The number of aromatic nitrogens is 2. The molecule has 0 saturated carbocycles. The molecule has 0 bridgehead atoms. The van der Waals surface area contributed by atoms with Crippen molar-refractivity contribution in [2.24, 2.45) is 0 Å². The van der Waals surface area contributed by atoms with E-state index in [4.69, 9.17) is 9.97 Å². The molecule has 260 valence electrons. The Bertz CT molecular complexity index is 3290. The normalized spacial score (nSPS) is 13.1. The fourth-order valence-electron chi connectivity index (χ4n) is 9.50. The maximum atomic E-state index is 5.43. The Labute approximate surface area is 328 Å². The molecular formula is C53H32N2S. The van der Waals surface area contributed by atoms with E-state index in [-0.39, 0.29) is 0 Å². The smallest absolute Gasteiger partial charge is 0.0979 e. The van der Waals surface area contributed by atoms with Gasteiger partial charge in [0.2, 0.25) is 0 Å². The lowest BCUT2D eigenvalue weighted by molar-refractivity contribution is 0.769. The van der Waals surface area contributed by atoms with E-state index >= 15 is 0 Å². The zero-order chi connectivity index (χ0) is 36.8. The van der Waals surface area contributed by atoms with Gasteiger partial charge in [0, 0.05) is 36.5 Å². The molecular weight excluding hydrogens is 697 g/mol. The van der Waals surface area contributed by atoms with Crippen molar-refractivity contribution in [3.8, 4) is 33.5 Å². The molecule has 2 heterocycles. The summed E-state index contributed by atoms with van der Waals surface area (Å²) in [6.45, 7) is 0. The average Bonchev–Trinajstić information content (AvgIpc) is 3.79. The fraction of sp³-hybridized carbons (Fsp3) is 0.0189. The molecule has 1 aliphatic carbocycles. The molecule has 0 aliphatic heterocycles. The molecule has 0 atom stereocenters. The van der Waals surface area contributed by atoms with E-state index in [1.165, 1.54) is 75.5 Å². The third-order valence-corrected chi connectivity index (χ3v) is 13.1. The average molecular weight is 729 g/mol. The summed E-state index contributed by atoms with van der Waals surface area (Å²) in [4.78, 5) is 10.6. The molecule has 12 rings (SSSR count). The number of fused-ring (bicyclic) bond motifs is 12. The zero-order valence-electron chi connectivity index (χ0n) is 30.3.